The molecule has 1 aromatic carbocycles. The van der Waals surface area contributed by atoms with E-state index in [2.05, 4.69) is 5.32 Å². The highest BCUT2D eigenvalue weighted by Crippen LogP contribution is 2.32. The lowest BCUT2D eigenvalue weighted by atomic mass is 9.92. The van der Waals surface area contributed by atoms with Crippen molar-refractivity contribution >= 4 is 5.97 Å². The average Bonchev–Trinajstić information content (AvgIpc) is 2.28. The minimum absolute atomic E-state index is 0.0134. The molecule has 5 nitrogen and oxygen atoms in total. The Balaban J connectivity index is 2.14. The van der Waals surface area contributed by atoms with E-state index in [0.717, 1.165) is 0 Å². The number of para-hydroxylation sites is 2. The van der Waals surface area contributed by atoms with Gasteiger partial charge in [-0.15, -0.1) is 0 Å². The zero-order valence-electron chi connectivity index (χ0n) is 10.3. The number of nitrogens with one attached hydrogen (secondary N) is 1. The zero-order chi connectivity index (χ0) is 13.0. The maximum absolute atomic E-state index is 10.9. The number of carbonyl (C=O) groups is 1. The first-order chi connectivity index (χ1) is 8.65. The lowest BCUT2D eigenvalue weighted by molar-refractivity contribution is -0.143. The van der Waals surface area contributed by atoms with Crippen molar-refractivity contribution in [2.75, 3.05) is 19.7 Å². The molecule has 1 aromatic rings. The fourth-order valence-corrected chi connectivity index (χ4v) is 1.96. The van der Waals surface area contributed by atoms with Crippen molar-refractivity contribution in [3.05, 3.63) is 24.3 Å². The van der Waals surface area contributed by atoms with Gasteiger partial charge in [0, 0.05) is 13.1 Å². The quantitative estimate of drug-likeness (QED) is 0.797. The van der Waals surface area contributed by atoms with Crippen LogP contribution in [0.2, 0.25) is 0 Å². The van der Waals surface area contributed by atoms with E-state index in [4.69, 9.17) is 14.6 Å². The van der Waals surface area contributed by atoms with Gasteiger partial charge in [-0.25, -0.2) is 0 Å². The van der Waals surface area contributed by atoms with Gasteiger partial charge in [0.05, 0.1) is 13.0 Å². The lowest BCUT2D eigenvalue weighted by Crippen LogP contribution is -2.64. The van der Waals surface area contributed by atoms with Gasteiger partial charge in [0.1, 0.15) is 5.60 Å². The molecule has 2 N–H and O–H groups in total. The Labute approximate surface area is 106 Å². The molecule has 0 atom stereocenters. The molecule has 0 saturated carbocycles. The van der Waals surface area contributed by atoms with E-state index in [0.29, 0.717) is 31.2 Å². The monoisotopic (exact) mass is 251 g/mol. The van der Waals surface area contributed by atoms with E-state index < -0.39 is 11.6 Å². The number of carboxylic acid groups (broad SMARTS) is 1. The van der Waals surface area contributed by atoms with Gasteiger partial charge < -0.3 is 19.9 Å². The van der Waals surface area contributed by atoms with Gasteiger partial charge in [-0.1, -0.05) is 12.1 Å². The molecule has 5 heteroatoms. The molecule has 0 bridgehead atoms. The molecule has 1 aliphatic rings. The van der Waals surface area contributed by atoms with Crippen molar-refractivity contribution in [3.63, 3.8) is 0 Å². The molecular weight excluding hydrogens is 234 g/mol. The molecule has 2 rings (SSSR count). The largest absolute Gasteiger partial charge is 0.490 e. The number of benzene rings is 1. The second-order valence-electron chi connectivity index (χ2n) is 4.34. The van der Waals surface area contributed by atoms with E-state index in [1.54, 1.807) is 6.07 Å². The molecule has 1 heterocycles. The predicted octanol–water partition coefficient (Wildman–Crippen LogP) is 1.28. The second kappa shape index (κ2) is 5.27. The van der Waals surface area contributed by atoms with Crippen LogP contribution in [-0.4, -0.2) is 36.4 Å². The predicted molar refractivity (Wildman–Crippen MR) is 66.1 cm³/mol. The third-order valence-corrected chi connectivity index (χ3v) is 2.84. The minimum atomic E-state index is -0.856. The van der Waals surface area contributed by atoms with Crippen molar-refractivity contribution in [1.82, 2.24) is 5.32 Å². The summed E-state index contributed by atoms with van der Waals surface area (Å²) in [5, 5.41) is 12.0. The van der Waals surface area contributed by atoms with E-state index in [1.807, 2.05) is 25.1 Å². The summed E-state index contributed by atoms with van der Waals surface area (Å²) < 4.78 is 11.3. The van der Waals surface area contributed by atoms with Crippen LogP contribution in [0.1, 0.15) is 13.3 Å². The van der Waals surface area contributed by atoms with Crippen molar-refractivity contribution in [3.8, 4) is 11.5 Å². The molecule has 0 spiro atoms. The van der Waals surface area contributed by atoms with Crippen LogP contribution < -0.4 is 14.8 Å². The summed E-state index contributed by atoms with van der Waals surface area (Å²) in [6.45, 7) is 3.53. The van der Waals surface area contributed by atoms with E-state index >= 15 is 0 Å². The van der Waals surface area contributed by atoms with Gasteiger partial charge in [-0.2, -0.15) is 0 Å². The first kappa shape index (κ1) is 12.7. The standard InChI is InChI=1S/C13H17NO4/c1-2-17-10-5-3-4-6-11(10)18-13(7-12(15)16)8-14-9-13/h3-6,14H,2,7-9H2,1H3,(H,15,16). The van der Waals surface area contributed by atoms with Gasteiger partial charge >= 0.3 is 5.97 Å². The summed E-state index contributed by atoms with van der Waals surface area (Å²) in [7, 11) is 0. The number of carboxylic acids is 1. The van der Waals surface area contributed by atoms with Crippen LogP contribution in [-0.2, 0) is 4.79 Å². The second-order valence-corrected chi connectivity index (χ2v) is 4.34. The number of ether oxygens (including phenoxy) is 2. The molecule has 1 aliphatic heterocycles. The van der Waals surface area contributed by atoms with Gasteiger partial charge in [-0.3, -0.25) is 4.79 Å². The molecule has 0 aromatic heterocycles. The highest BCUT2D eigenvalue weighted by atomic mass is 16.5. The fraction of sp³-hybridized carbons (Fsp3) is 0.462. The maximum atomic E-state index is 10.9. The topological polar surface area (TPSA) is 67.8 Å². The third kappa shape index (κ3) is 2.73. The fourth-order valence-electron chi connectivity index (χ4n) is 1.96. The van der Waals surface area contributed by atoms with Gasteiger partial charge in [0.25, 0.3) is 0 Å². The Morgan fingerprint density at radius 1 is 1.39 bits per heavy atom. The first-order valence-corrected chi connectivity index (χ1v) is 5.98. The molecule has 0 amide bonds. The van der Waals surface area contributed by atoms with Crippen LogP contribution in [0.25, 0.3) is 0 Å². The molecule has 0 unspecified atom stereocenters. The summed E-state index contributed by atoms with van der Waals surface area (Å²) >= 11 is 0. The van der Waals surface area contributed by atoms with Crippen molar-refractivity contribution in [2.24, 2.45) is 0 Å². The van der Waals surface area contributed by atoms with Gasteiger partial charge in [0.2, 0.25) is 0 Å². The van der Waals surface area contributed by atoms with Crippen molar-refractivity contribution < 1.29 is 19.4 Å². The van der Waals surface area contributed by atoms with Crippen LogP contribution in [0.5, 0.6) is 11.5 Å². The maximum Gasteiger partial charge on any atom is 0.307 e. The molecule has 1 fully saturated rings. The van der Waals surface area contributed by atoms with Gasteiger partial charge in [-0.05, 0) is 19.1 Å². The average molecular weight is 251 g/mol. The van der Waals surface area contributed by atoms with Gasteiger partial charge in [0.15, 0.2) is 11.5 Å². The lowest BCUT2D eigenvalue weighted by Gasteiger charge is -2.41. The molecule has 0 aliphatic carbocycles. The third-order valence-electron chi connectivity index (χ3n) is 2.84. The molecule has 98 valence electrons. The normalized spacial score (nSPS) is 16.7. The molecule has 1 saturated heterocycles. The van der Waals surface area contributed by atoms with Crippen molar-refractivity contribution in [2.45, 2.75) is 18.9 Å². The van der Waals surface area contributed by atoms with Crippen LogP contribution in [0.3, 0.4) is 0 Å². The Bertz CT molecular complexity index is 429. The Morgan fingerprint density at radius 2 is 2.06 bits per heavy atom. The zero-order valence-corrected chi connectivity index (χ0v) is 10.3. The SMILES string of the molecule is CCOc1ccccc1OC1(CC(=O)O)CNC1. The smallest absolute Gasteiger partial charge is 0.307 e. The summed E-state index contributed by atoms with van der Waals surface area (Å²) in [5.41, 5.74) is -0.654. The minimum Gasteiger partial charge on any atom is -0.490 e. The highest BCUT2D eigenvalue weighted by Gasteiger charge is 2.42. The van der Waals surface area contributed by atoms with E-state index in [1.165, 1.54) is 0 Å². The first-order valence-electron chi connectivity index (χ1n) is 5.98. The number of aliphatic carboxylic acids is 1. The van der Waals surface area contributed by atoms with Crippen LogP contribution in [0, 0.1) is 0 Å². The highest BCUT2D eigenvalue weighted by molar-refractivity contribution is 5.68. The summed E-state index contributed by atoms with van der Waals surface area (Å²) in [6.07, 6.45) is -0.0134. The summed E-state index contributed by atoms with van der Waals surface area (Å²) in [5.74, 6) is 0.393. The molecule has 18 heavy (non-hydrogen) atoms. The van der Waals surface area contributed by atoms with E-state index in [9.17, 15) is 4.79 Å². The number of hydrogen-bond donors (Lipinski definition) is 2. The van der Waals surface area contributed by atoms with Crippen molar-refractivity contribution in [1.29, 1.82) is 0 Å². The number of hydrogen-bond acceptors (Lipinski definition) is 4. The Hall–Kier alpha value is -1.75. The molecular formula is C13H17NO4. The number of rotatable bonds is 6. The van der Waals surface area contributed by atoms with Crippen LogP contribution >= 0.6 is 0 Å². The summed E-state index contributed by atoms with van der Waals surface area (Å²) in [6, 6.07) is 7.32. The summed E-state index contributed by atoms with van der Waals surface area (Å²) in [4.78, 5) is 10.9. The Morgan fingerprint density at radius 3 is 2.56 bits per heavy atom. The van der Waals surface area contributed by atoms with E-state index in [-0.39, 0.29) is 6.42 Å². The van der Waals surface area contributed by atoms with Crippen LogP contribution in [0.4, 0.5) is 0 Å². The Kier molecular flexibility index (Phi) is 3.72. The van der Waals surface area contributed by atoms with Crippen LogP contribution in [0.15, 0.2) is 24.3 Å². The molecule has 0 radical (unpaired) electrons.